The SMILES string of the molecule is CCC(SCc1cnn(C)c1)C(=O)O. The van der Waals surface area contributed by atoms with Gasteiger partial charge in [-0.05, 0) is 12.0 Å². The van der Waals surface area contributed by atoms with Crippen LogP contribution >= 0.6 is 11.8 Å². The molecule has 0 radical (unpaired) electrons. The van der Waals surface area contributed by atoms with Crippen LogP contribution in [0.2, 0.25) is 0 Å². The van der Waals surface area contributed by atoms with Crippen molar-refractivity contribution in [3.63, 3.8) is 0 Å². The molecule has 14 heavy (non-hydrogen) atoms. The molecule has 0 spiro atoms. The molecule has 78 valence electrons. The summed E-state index contributed by atoms with van der Waals surface area (Å²) in [7, 11) is 1.85. The van der Waals surface area contributed by atoms with Gasteiger partial charge in [-0.3, -0.25) is 9.48 Å². The van der Waals surface area contributed by atoms with Gasteiger partial charge in [-0.1, -0.05) is 6.92 Å². The first-order valence-corrected chi connectivity index (χ1v) is 5.50. The molecule has 1 aromatic rings. The molecule has 0 saturated carbocycles. The van der Waals surface area contributed by atoms with E-state index in [1.165, 1.54) is 11.8 Å². The van der Waals surface area contributed by atoms with E-state index in [0.29, 0.717) is 12.2 Å². The Kier molecular flexibility index (Phi) is 4.00. The number of thioether (sulfide) groups is 1. The van der Waals surface area contributed by atoms with Crippen LogP contribution in [-0.4, -0.2) is 26.1 Å². The van der Waals surface area contributed by atoms with Crippen LogP contribution in [0.5, 0.6) is 0 Å². The first kappa shape index (κ1) is 11.1. The fraction of sp³-hybridized carbons (Fsp3) is 0.556. The van der Waals surface area contributed by atoms with E-state index in [1.807, 2.05) is 20.2 Å². The number of hydrogen-bond acceptors (Lipinski definition) is 3. The summed E-state index contributed by atoms with van der Waals surface area (Å²) in [5, 5.41) is 12.5. The second-order valence-corrected chi connectivity index (χ2v) is 4.26. The number of aryl methyl sites for hydroxylation is 1. The zero-order valence-electron chi connectivity index (χ0n) is 8.30. The van der Waals surface area contributed by atoms with Crippen LogP contribution in [0.1, 0.15) is 18.9 Å². The molecule has 0 aromatic carbocycles. The molecule has 0 aliphatic heterocycles. The van der Waals surface area contributed by atoms with Crippen LogP contribution in [0.25, 0.3) is 0 Å². The van der Waals surface area contributed by atoms with Gasteiger partial charge in [0.15, 0.2) is 0 Å². The highest BCUT2D eigenvalue weighted by Gasteiger charge is 2.15. The summed E-state index contributed by atoms with van der Waals surface area (Å²) in [5.74, 6) is -0.0278. The Balaban J connectivity index is 2.43. The van der Waals surface area contributed by atoms with Crippen molar-refractivity contribution in [1.29, 1.82) is 0 Å². The molecule has 1 rings (SSSR count). The van der Waals surface area contributed by atoms with Gasteiger partial charge in [0, 0.05) is 19.0 Å². The molecular weight excluding hydrogens is 200 g/mol. The van der Waals surface area contributed by atoms with Gasteiger partial charge in [0.05, 0.1) is 6.20 Å². The summed E-state index contributed by atoms with van der Waals surface area (Å²) < 4.78 is 1.72. The van der Waals surface area contributed by atoms with Crippen LogP contribution in [0.4, 0.5) is 0 Å². The molecule has 1 atom stereocenters. The average molecular weight is 214 g/mol. The largest absolute Gasteiger partial charge is 0.480 e. The van der Waals surface area contributed by atoms with Crippen molar-refractivity contribution in [2.24, 2.45) is 7.05 Å². The number of rotatable bonds is 5. The maximum Gasteiger partial charge on any atom is 0.316 e. The highest BCUT2D eigenvalue weighted by Crippen LogP contribution is 2.19. The lowest BCUT2D eigenvalue weighted by Gasteiger charge is -2.07. The molecule has 0 amide bonds. The van der Waals surface area contributed by atoms with E-state index in [-0.39, 0.29) is 5.25 Å². The summed E-state index contributed by atoms with van der Waals surface area (Å²) in [6, 6.07) is 0. The maximum atomic E-state index is 10.7. The number of aliphatic carboxylic acids is 1. The highest BCUT2D eigenvalue weighted by atomic mass is 32.2. The molecular formula is C9H14N2O2S. The monoisotopic (exact) mass is 214 g/mol. The smallest absolute Gasteiger partial charge is 0.316 e. The van der Waals surface area contributed by atoms with Crippen LogP contribution in [-0.2, 0) is 17.6 Å². The second kappa shape index (κ2) is 5.05. The van der Waals surface area contributed by atoms with E-state index in [4.69, 9.17) is 5.11 Å². The van der Waals surface area contributed by atoms with E-state index in [0.717, 1.165) is 5.56 Å². The quantitative estimate of drug-likeness (QED) is 0.807. The number of carboxylic acid groups (broad SMARTS) is 1. The van der Waals surface area contributed by atoms with E-state index in [2.05, 4.69) is 5.10 Å². The van der Waals surface area contributed by atoms with Gasteiger partial charge in [-0.2, -0.15) is 5.10 Å². The van der Waals surface area contributed by atoms with Crippen molar-refractivity contribution in [2.75, 3.05) is 0 Å². The summed E-state index contributed by atoms with van der Waals surface area (Å²) in [5.41, 5.74) is 1.07. The molecule has 5 heteroatoms. The Morgan fingerprint density at radius 2 is 2.50 bits per heavy atom. The third-order valence-corrected chi connectivity index (χ3v) is 3.29. The van der Waals surface area contributed by atoms with Crippen LogP contribution in [0.3, 0.4) is 0 Å². The van der Waals surface area contributed by atoms with Gasteiger partial charge < -0.3 is 5.11 Å². The Morgan fingerprint density at radius 3 is 2.93 bits per heavy atom. The molecule has 1 unspecified atom stereocenters. The van der Waals surface area contributed by atoms with E-state index >= 15 is 0 Å². The zero-order valence-corrected chi connectivity index (χ0v) is 9.12. The maximum absolute atomic E-state index is 10.7. The van der Waals surface area contributed by atoms with E-state index in [1.54, 1.807) is 10.9 Å². The minimum Gasteiger partial charge on any atom is -0.480 e. The normalized spacial score (nSPS) is 12.7. The van der Waals surface area contributed by atoms with Crippen LogP contribution in [0.15, 0.2) is 12.4 Å². The number of carbonyl (C=O) groups is 1. The Labute approximate surface area is 87.3 Å². The third kappa shape index (κ3) is 3.06. The van der Waals surface area contributed by atoms with Gasteiger partial charge in [-0.25, -0.2) is 0 Å². The average Bonchev–Trinajstić information content (AvgIpc) is 2.52. The zero-order chi connectivity index (χ0) is 10.6. The van der Waals surface area contributed by atoms with E-state index in [9.17, 15) is 4.79 Å². The predicted molar refractivity (Wildman–Crippen MR) is 56.2 cm³/mol. The lowest BCUT2D eigenvalue weighted by atomic mass is 10.3. The van der Waals surface area contributed by atoms with Crippen molar-refractivity contribution in [3.05, 3.63) is 18.0 Å². The molecule has 0 bridgehead atoms. The van der Waals surface area contributed by atoms with Gasteiger partial charge in [-0.15, -0.1) is 11.8 Å². The van der Waals surface area contributed by atoms with Crippen molar-refractivity contribution >= 4 is 17.7 Å². The fourth-order valence-electron chi connectivity index (χ4n) is 1.11. The molecule has 0 aliphatic carbocycles. The molecule has 1 N–H and O–H groups in total. The minimum atomic E-state index is -0.735. The predicted octanol–water partition coefficient (Wildman–Crippen LogP) is 1.52. The third-order valence-electron chi connectivity index (χ3n) is 1.86. The number of carboxylic acids is 1. The summed E-state index contributed by atoms with van der Waals surface area (Å²) in [6.45, 7) is 1.88. The van der Waals surface area contributed by atoms with Crippen molar-refractivity contribution in [2.45, 2.75) is 24.3 Å². The van der Waals surface area contributed by atoms with Crippen LogP contribution < -0.4 is 0 Å². The number of aromatic nitrogens is 2. The standard InChI is InChI=1S/C9H14N2O2S/c1-3-8(9(12)13)14-6-7-4-10-11(2)5-7/h4-5,8H,3,6H2,1-2H3,(H,12,13). The second-order valence-electron chi connectivity index (χ2n) is 3.07. The summed E-state index contributed by atoms with van der Waals surface area (Å²) in [6.07, 6.45) is 4.32. The fourth-order valence-corrected chi connectivity index (χ4v) is 2.03. The first-order chi connectivity index (χ1) is 6.63. The van der Waals surface area contributed by atoms with Crippen molar-refractivity contribution < 1.29 is 9.90 Å². The van der Waals surface area contributed by atoms with E-state index < -0.39 is 5.97 Å². The molecule has 1 heterocycles. The Bertz CT molecular complexity index is 312. The molecule has 0 saturated heterocycles. The minimum absolute atomic E-state index is 0.310. The number of nitrogens with zero attached hydrogens (tertiary/aromatic N) is 2. The van der Waals surface area contributed by atoms with Gasteiger partial charge in [0.2, 0.25) is 0 Å². The molecule has 1 aromatic heterocycles. The van der Waals surface area contributed by atoms with Gasteiger partial charge in [0.25, 0.3) is 0 Å². The summed E-state index contributed by atoms with van der Waals surface area (Å²) in [4.78, 5) is 10.7. The molecule has 4 nitrogen and oxygen atoms in total. The van der Waals surface area contributed by atoms with Gasteiger partial charge in [0.1, 0.15) is 5.25 Å². The first-order valence-electron chi connectivity index (χ1n) is 4.45. The lowest BCUT2D eigenvalue weighted by molar-refractivity contribution is -0.136. The molecule has 0 aliphatic rings. The van der Waals surface area contributed by atoms with Gasteiger partial charge >= 0.3 is 5.97 Å². The van der Waals surface area contributed by atoms with Crippen LogP contribution in [0, 0.1) is 0 Å². The molecule has 0 fully saturated rings. The lowest BCUT2D eigenvalue weighted by Crippen LogP contribution is -2.14. The van der Waals surface area contributed by atoms with Crippen molar-refractivity contribution in [1.82, 2.24) is 9.78 Å². The van der Waals surface area contributed by atoms with Crippen molar-refractivity contribution in [3.8, 4) is 0 Å². The number of hydrogen-bond donors (Lipinski definition) is 1. The highest BCUT2D eigenvalue weighted by molar-refractivity contribution is 7.99. The summed E-state index contributed by atoms with van der Waals surface area (Å²) >= 11 is 1.44. The topological polar surface area (TPSA) is 55.1 Å². The Morgan fingerprint density at radius 1 is 1.79 bits per heavy atom. The Hall–Kier alpha value is -0.970.